The minimum atomic E-state index is 0.673. The molecule has 1 aromatic rings. The summed E-state index contributed by atoms with van der Waals surface area (Å²) < 4.78 is 0. The fourth-order valence-electron chi connectivity index (χ4n) is 3.77. The number of rotatable bonds is 4. The number of fused-ring (bicyclic) bond motifs is 1. The minimum absolute atomic E-state index is 0.673. The zero-order valence-corrected chi connectivity index (χ0v) is 13.6. The second kappa shape index (κ2) is 6.31. The molecular formula is C18H26N2S. The number of piperidine rings is 1. The first-order valence-corrected chi connectivity index (χ1v) is 9.58. The lowest BCUT2D eigenvalue weighted by molar-refractivity contribution is 0.137. The Morgan fingerprint density at radius 1 is 1.05 bits per heavy atom. The van der Waals surface area contributed by atoms with Crippen LogP contribution < -0.4 is 5.32 Å². The largest absolute Gasteiger partial charge is 0.314 e. The van der Waals surface area contributed by atoms with Crippen LogP contribution in [0.1, 0.15) is 43.7 Å². The van der Waals surface area contributed by atoms with Crippen molar-refractivity contribution in [3.63, 3.8) is 0 Å². The SMILES string of the molecule is c1ccc2c(c1)SCCC2N1CCC(NCC2CC2)CC1. The molecule has 2 aliphatic heterocycles. The number of nitrogens with zero attached hydrogens (tertiary/aromatic N) is 1. The standard InChI is InChI=1S/C18H26N2S/c1-2-4-18-16(3-1)17(9-12-21-18)20-10-7-15(8-11-20)19-13-14-5-6-14/h1-4,14-15,17,19H,5-13H2. The summed E-state index contributed by atoms with van der Waals surface area (Å²) in [5.74, 6) is 2.28. The molecule has 0 spiro atoms. The molecule has 0 amide bonds. The van der Waals surface area contributed by atoms with Gasteiger partial charge in [-0.2, -0.15) is 0 Å². The number of hydrogen-bond acceptors (Lipinski definition) is 3. The van der Waals surface area contributed by atoms with Crippen LogP contribution in [0.25, 0.3) is 0 Å². The van der Waals surface area contributed by atoms with Crippen molar-refractivity contribution in [2.45, 2.75) is 49.1 Å². The van der Waals surface area contributed by atoms with Crippen LogP contribution in [0.3, 0.4) is 0 Å². The molecular weight excluding hydrogens is 276 g/mol. The maximum Gasteiger partial charge on any atom is 0.0367 e. The molecule has 0 radical (unpaired) electrons. The molecule has 3 aliphatic rings. The van der Waals surface area contributed by atoms with E-state index in [0.29, 0.717) is 6.04 Å². The fourth-order valence-corrected chi connectivity index (χ4v) is 4.88. The van der Waals surface area contributed by atoms with Crippen LogP contribution >= 0.6 is 11.8 Å². The van der Waals surface area contributed by atoms with Crippen molar-refractivity contribution in [3.05, 3.63) is 29.8 Å². The van der Waals surface area contributed by atoms with E-state index in [1.165, 1.54) is 62.4 Å². The van der Waals surface area contributed by atoms with Gasteiger partial charge in [0.25, 0.3) is 0 Å². The highest BCUT2D eigenvalue weighted by Gasteiger charge is 2.30. The van der Waals surface area contributed by atoms with E-state index in [-0.39, 0.29) is 0 Å². The molecule has 2 nitrogen and oxygen atoms in total. The maximum atomic E-state index is 3.80. The number of nitrogens with one attached hydrogen (secondary N) is 1. The van der Waals surface area contributed by atoms with E-state index >= 15 is 0 Å². The molecule has 1 atom stereocenters. The predicted molar refractivity (Wildman–Crippen MR) is 89.8 cm³/mol. The lowest BCUT2D eigenvalue weighted by atomic mass is 9.97. The van der Waals surface area contributed by atoms with Gasteiger partial charge in [0.05, 0.1) is 0 Å². The van der Waals surface area contributed by atoms with Gasteiger partial charge in [-0.15, -0.1) is 11.8 Å². The van der Waals surface area contributed by atoms with Crippen LogP contribution in [0.2, 0.25) is 0 Å². The van der Waals surface area contributed by atoms with Crippen molar-refractivity contribution in [3.8, 4) is 0 Å². The van der Waals surface area contributed by atoms with Crippen LogP contribution in [0, 0.1) is 5.92 Å². The summed E-state index contributed by atoms with van der Waals surface area (Å²) in [6.45, 7) is 3.81. The van der Waals surface area contributed by atoms with Crippen LogP contribution in [0.4, 0.5) is 0 Å². The van der Waals surface area contributed by atoms with Crippen molar-refractivity contribution in [1.29, 1.82) is 0 Å². The summed E-state index contributed by atoms with van der Waals surface area (Å²) in [4.78, 5) is 4.26. The maximum absolute atomic E-state index is 3.80. The molecule has 1 aliphatic carbocycles. The summed E-state index contributed by atoms with van der Waals surface area (Å²) >= 11 is 2.04. The van der Waals surface area contributed by atoms with Crippen LogP contribution in [0.15, 0.2) is 29.2 Å². The van der Waals surface area contributed by atoms with E-state index in [0.717, 1.165) is 12.0 Å². The highest BCUT2D eigenvalue weighted by molar-refractivity contribution is 7.99. The Labute approximate surface area is 132 Å². The summed E-state index contributed by atoms with van der Waals surface area (Å²) in [5.41, 5.74) is 1.58. The van der Waals surface area contributed by atoms with E-state index in [2.05, 4.69) is 34.5 Å². The molecule has 1 N–H and O–H groups in total. The second-order valence-corrected chi connectivity index (χ2v) is 7.99. The van der Waals surface area contributed by atoms with Gasteiger partial charge in [-0.05, 0) is 61.9 Å². The molecule has 1 saturated heterocycles. The van der Waals surface area contributed by atoms with Crippen molar-refractivity contribution in [2.75, 3.05) is 25.4 Å². The third-order valence-corrected chi connectivity index (χ3v) is 6.41. The molecule has 2 heterocycles. The number of benzene rings is 1. The highest BCUT2D eigenvalue weighted by Crippen LogP contribution is 2.40. The van der Waals surface area contributed by atoms with Crippen molar-refractivity contribution in [2.24, 2.45) is 5.92 Å². The van der Waals surface area contributed by atoms with Gasteiger partial charge in [0.2, 0.25) is 0 Å². The van der Waals surface area contributed by atoms with E-state index in [4.69, 9.17) is 0 Å². The molecule has 0 aromatic heterocycles. The van der Waals surface area contributed by atoms with E-state index in [1.807, 2.05) is 11.8 Å². The Morgan fingerprint density at radius 3 is 2.67 bits per heavy atom. The zero-order valence-electron chi connectivity index (χ0n) is 12.8. The summed E-state index contributed by atoms with van der Waals surface area (Å²) in [5, 5.41) is 3.80. The fraction of sp³-hybridized carbons (Fsp3) is 0.667. The Kier molecular flexibility index (Phi) is 4.24. The number of thioether (sulfide) groups is 1. The molecule has 3 heteroatoms. The summed E-state index contributed by atoms with van der Waals surface area (Å²) in [6.07, 6.45) is 6.91. The van der Waals surface area contributed by atoms with Gasteiger partial charge in [-0.3, -0.25) is 4.90 Å². The third-order valence-electron chi connectivity index (χ3n) is 5.29. The molecule has 4 rings (SSSR count). The van der Waals surface area contributed by atoms with Gasteiger partial charge in [0.1, 0.15) is 0 Å². The quantitative estimate of drug-likeness (QED) is 0.913. The Hall–Kier alpha value is -0.510. The van der Waals surface area contributed by atoms with Crippen molar-refractivity contribution in [1.82, 2.24) is 10.2 Å². The lowest BCUT2D eigenvalue weighted by Crippen LogP contribution is -2.44. The first kappa shape index (κ1) is 14.1. The smallest absolute Gasteiger partial charge is 0.0367 e. The van der Waals surface area contributed by atoms with Gasteiger partial charge in [0, 0.05) is 30.1 Å². The van der Waals surface area contributed by atoms with Gasteiger partial charge < -0.3 is 5.32 Å². The summed E-state index contributed by atoms with van der Waals surface area (Å²) in [6, 6.07) is 10.5. The van der Waals surface area contributed by atoms with E-state index in [9.17, 15) is 0 Å². The van der Waals surface area contributed by atoms with Crippen molar-refractivity contribution < 1.29 is 0 Å². The molecule has 2 fully saturated rings. The topological polar surface area (TPSA) is 15.3 Å². The zero-order chi connectivity index (χ0) is 14.1. The Bertz CT molecular complexity index is 478. The number of hydrogen-bond donors (Lipinski definition) is 1. The predicted octanol–water partition coefficient (Wildman–Crippen LogP) is 3.69. The molecule has 0 bridgehead atoms. The number of likely N-dealkylation sites (tertiary alicyclic amines) is 1. The van der Waals surface area contributed by atoms with Gasteiger partial charge in [-0.25, -0.2) is 0 Å². The molecule has 21 heavy (non-hydrogen) atoms. The van der Waals surface area contributed by atoms with Crippen molar-refractivity contribution >= 4 is 11.8 Å². The average molecular weight is 302 g/mol. The first-order valence-electron chi connectivity index (χ1n) is 8.59. The molecule has 1 saturated carbocycles. The van der Waals surface area contributed by atoms with Gasteiger partial charge in [-0.1, -0.05) is 18.2 Å². The molecule has 1 unspecified atom stereocenters. The first-order chi connectivity index (χ1) is 10.4. The summed E-state index contributed by atoms with van der Waals surface area (Å²) in [7, 11) is 0. The van der Waals surface area contributed by atoms with Gasteiger partial charge >= 0.3 is 0 Å². The van der Waals surface area contributed by atoms with Crippen LogP contribution in [-0.4, -0.2) is 36.3 Å². The van der Waals surface area contributed by atoms with E-state index < -0.39 is 0 Å². The minimum Gasteiger partial charge on any atom is -0.314 e. The van der Waals surface area contributed by atoms with Crippen LogP contribution in [-0.2, 0) is 0 Å². The molecule has 1 aromatic carbocycles. The van der Waals surface area contributed by atoms with Gasteiger partial charge in [0.15, 0.2) is 0 Å². The third kappa shape index (κ3) is 3.30. The van der Waals surface area contributed by atoms with E-state index in [1.54, 1.807) is 5.56 Å². The molecule has 114 valence electrons. The van der Waals surface area contributed by atoms with Crippen LogP contribution in [0.5, 0.6) is 0 Å². The Morgan fingerprint density at radius 2 is 1.86 bits per heavy atom. The average Bonchev–Trinajstić information content (AvgIpc) is 3.37. The second-order valence-electron chi connectivity index (χ2n) is 6.85. The highest BCUT2D eigenvalue weighted by atomic mass is 32.2. The normalized spacial score (nSPS) is 27.5. The Balaban J connectivity index is 1.35. The monoisotopic (exact) mass is 302 g/mol. The lowest BCUT2D eigenvalue weighted by Gasteiger charge is -2.40.